The van der Waals surface area contributed by atoms with E-state index in [0.717, 1.165) is 11.3 Å². The minimum absolute atomic E-state index is 0.00204. The van der Waals surface area contributed by atoms with Crippen molar-refractivity contribution < 1.29 is 9.66 Å². The summed E-state index contributed by atoms with van der Waals surface area (Å²) in [6.07, 6.45) is 4.88. The van der Waals surface area contributed by atoms with Crippen molar-refractivity contribution in [3.05, 3.63) is 52.0 Å². The fraction of sp³-hybridized carbons (Fsp3) is 0.214. The summed E-state index contributed by atoms with van der Waals surface area (Å²) in [6.45, 7) is 2.34. The molecule has 0 unspecified atom stereocenters. The maximum atomic E-state index is 10.9. The van der Waals surface area contributed by atoms with Crippen LogP contribution in [-0.2, 0) is 6.54 Å². The van der Waals surface area contributed by atoms with Gasteiger partial charge >= 0.3 is 5.82 Å². The van der Waals surface area contributed by atoms with E-state index in [9.17, 15) is 10.1 Å². The van der Waals surface area contributed by atoms with Gasteiger partial charge < -0.3 is 14.9 Å². The number of methoxy groups -OCH3 is 1. The van der Waals surface area contributed by atoms with Crippen LogP contribution in [0, 0.1) is 10.1 Å². The van der Waals surface area contributed by atoms with Crippen LogP contribution in [0.5, 0.6) is 5.75 Å². The van der Waals surface area contributed by atoms with E-state index in [1.807, 2.05) is 37.3 Å². The lowest BCUT2D eigenvalue weighted by Gasteiger charge is -2.00. The first kappa shape index (κ1) is 13.8. The van der Waals surface area contributed by atoms with Gasteiger partial charge in [0.05, 0.1) is 13.7 Å². The first-order valence-electron chi connectivity index (χ1n) is 6.17. The summed E-state index contributed by atoms with van der Waals surface area (Å²) in [5.74, 6) is 1.32. The fourth-order valence-electron chi connectivity index (χ4n) is 1.90. The Kier molecular flexibility index (Phi) is 4.14. The average Bonchev–Trinajstić information content (AvgIpc) is 2.88. The van der Waals surface area contributed by atoms with Crippen LogP contribution in [0.2, 0.25) is 0 Å². The molecule has 1 aromatic carbocycles. The zero-order chi connectivity index (χ0) is 14.5. The quantitative estimate of drug-likeness (QED) is 0.620. The summed E-state index contributed by atoms with van der Waals surface area (Å²) in [5.41, 5.74) is 0.942. The van der Waals surface area contributed by atoms with Gasteiger partial charge in [-0.1, -0.05) is 12.1 Å². The Hall–Kier alpha value is -2.63. The van der Waals surface area contributed by atoms with Crippen LogP contribution in [0.15, 0.2) is 30.5 Å². The van der Waals surface area contributed by atoms with E-state index in [1.54, 1.807) is 17.8 Å². The Morgan fingerprint density at radius 1 is 1.45 bits per heavy atom. The summed E-state index contributed by atoms with van der Waals surface area (Å²) >= 11 is 0. The zero-order valence-electron chi connectivity index (χ0n) is 11.3. The maximum Gasteiger partial charge on any atom is 0.343 e. The lowest BCUT2D eigenvalue weighted by atomic mass is 10.2. The van der Waals surface area contributed by atoms with Gasteiger partial charge in [-0.2, -0.15) is 0 Å². The van der Waals surface area contributed by atoms with Crippen LogP contribution in [0.3, 0.4) is 0 Å². The highest BCUT2D eigenvalue weighted by molar-refractivity contribution is 5.68. The predicted octanol–water partition coefficient (Wildman–Crippen LogP) is 2.99. The van der Waals surface area contributed by atoms with Crippen LogP contribution in [0.1, 0.15) is 18.3 Å². The molecule has 6 heteroatoms. The topological polar surface area (TPSA) is 70.2 Å². The summed E-state index contributed by atoms with van der Waals surface area (Å²) in [7, 11) is 1.61. The molecule has 0 aliphatic rings. The summed E-state index contributed by atoms with van der Waals surface area (Å²) < 4.78 is 6.70. The molecule has 1 aromatic heterocycles. The van der Waals surface area contributed by atoms with Crippen molar-refractivity contribution in [2.24, 2.45) is 0 Å². The number of rotatable bonds is 5. The number of hydrogen-bond acceptors (Lipinski definition) is 4. The normalized spacial score (nSPS) is 10.9. The van der Waals surface area contributed by atoms with Crippen molar-refractivity contribution in [2.75, 3.05) is 7.11 Å². The Labute approximate surface area is 116 Å². The van der Waals surface area contributed by atoms with Gasteiger partial charge in [-0.15, -0.1) is 0 Å². The molecule has 0 atom stereocenters. The van der Waals surface area contributed by atoms with Crippen molar-refractivity contribution in [1.82, 2.24) is 9.55 Å². The van der Waals surface area contributed by atoms with Crippen molar-refractivity contribution in [3.63, 3.8) is 0 Å². The number of imidazole rings is 1. The van der Waals surface area contributed by atoms with E-state index in [2.05, 4.69) is 4.98 Å². The second kappa shape index (κ2) is 6.01. The molecule has 0 bridgehead atoms. The molecule has 0 radical (unpaired) electrons. The number of benzene rings is 1. The van der Waals surface area contributed by atoms with Gasteiger partial charge in [0.2, 0.25) is 5.82 Å². The maximum absolute atomic E-state index is 10.9. The molecule has 1 heterocycles. The predicted molar refractivity (Wildman–Crippen MR) is 76.5 cm³/mol. The first-order valence-corrected chi connectivity index (χ1v) is 6.17. The highest BCUT2D eigenvalue weighted by atomic mass is 16.6. The Morgan fingerprint density at radius 3 is 2.90 bits per heavy atom. The molecular weight excluding hydrogens is 258 g/mol. The number of nitro groups is 1. The van der Waals surface area contributed by atoms with E-state index in [1.165, 1.54) is 6.20 Å². The van der Waals surface area contributed by atoms with Crippen LogP contribution < -0.4 is 4.74 Å². The SMILES string of the molecule is CCn1c([N+](=O)[O-])cnc1/C=C/c1cccc(OC)c1. The van der Waals surface area contributed by atoms with Crippen molar-refractivity contribution in [2.45, 2.75) is 13.5 Å². The zero-order valence-corrected chi connectivity index (χ0v) is 11.3. The molecule has 0 spiro atoms. The molecule has 0 amide bonds. The van der Waals surface area contributed by atoms with Gasteiger partial charge in [-0.3, -0.25) is 0 Å². The van der Waals surface area contributed by atoms with E-state index in [4.69, 9.17) is 4.74 Å². The minimum atomic E-state index is -0.431. The monoisotopic (exact) mass is 273 g/mol. The molecule has 0 saturated heterocycles. The van der Waals surface area contributed by atoms with E-state index in [-0.39, 0.29) is 5.82 Å². The third-order valence-corrected chi connectivity index (χ3v) is 2.89. The van der Waals surface area contributed by atoms with Crippen molar-refractivity contribution in [1.29, 1.82) is 0 Å². The first-order chi connectivity index (χ1) is 9.65. The third-order valence-electron chi connectivity index (χ3n) is 2.89. The van der Waals surface area contributed by atoms with Gasteiger partial charge in [0, 0.05) is 6.08 Å². The molecule has 6 nitrogen and oxygen atoms in total. The molecule has 0 saturated carbocycles. The van der Waals surface area contributed by atoms with Crippen LogP contribution in [0.4, 0.5) is 5.82 Å². The van der Waals surface area contributed by atoms with Gasteiger partial charge in [0.1, 0.15) is 11.9 Å². The molecule has 2 rings (SSSR count). The smallest absolute Gasteiger partial charge is 0.343 e. The average molecular weight is 273 g/mol. The molecule has 20 heavy (non-hydrogen) atoms. The highest BCUT2D eigenvalue weighted by Gasteiger charge is 2.16. The second-order valence-electron chi connectivity index (χ2n) is 4.09. The number of ether oxygens (including phenoxy) is 1. The van der Waals surface area contributed by atoms with E-state index in [0.29, 0.717) is 12.4 Å². The number of nitrogens with zero attached hydrogens (tertiary/aromatic N) is 3. The van der Waals surface area contributed by atoms with Gasteiger partial charge in [-0.25, -0.2) is 9.55 Å². The second-order valence-corrected chi connectivity index (χ2v) is 4.09. The number of hydrogen-bond donors (Lipinski definition) is 0. The van der Waals surface area contributed by atoms with E-state index >= 15 is 0 Å². The Bertz CT molecular complexity index is 647. The summed E-state index contributed by atoms with van der Waals surface area (Å²) in [4.78, 5) is 14.5. The lowest BCUT2D eigenvalue weighted by molar-refractivity contribution is -0.392. The standard InChI is InChI=1S/C14H15N3O3/c1-3-16-13(15-10-14(16)17(18)19)8-7-11-5-4-6-12(9-11)20-2/h4-10H,3H2,1-2H3/b8-7+. The molecular formula is C14H15N3O3. The van der Waals surface area contributed by atoms with Crippen molar-refractivity contribution >= 4 is 18.0 Å². The van der Waals surface area contributed by atoms with Crippen LogP contribution in [0.25, 0.3) is 12.2 Å². The van der Waals surface area contributed by atoms with Gasteiger partial charge in [0.25, 0.3) is 0 Å². The third kappa shape index (κ3) is 2.85. The van der Waals surface area contributed by atoms with Crippen LogP contribution >= 0.6 is 0 Å². The number of aromatic nitrogens is 2. The highest BCUT2D eigenvalue weighted by Crippen LogP contribution is 2.18. The largest absolute Gasteiger partial charge is 0.497 e. The summed E-state index contributed by atoms with van der Waals surface area (Å²) in [6, 6.07) is 7.54. The minimum Gasteiger partial charge on any atom is -0.497 e. The molecule has 0 aliphatic heterocycles. The van der Waals surface area contributed by atoms with Crippen molar-refractivity contribution in [3.8, 4) is 5.75 Å². The molecule has 2 aromatic rings. The molecule has 104 valence electrons. The van der Waals surface area contributed by atoms with Gasteiger partial charge in [0.15, 0.2) is 0 Å². The Morgan fingerprint density at radius 2 is 2.25 bits per heavy atom. The Balaban J connectivity index is 2.29. The van der Waals surface area contributed by atoms with Crippen LogP contribution in [-0.4, -0.2) is 21.6 Å². The molecule has 0 N–H and O–H groups in total. The van der Waals surface area contributed by atoms with E-state index < -0.39 is 4.92 Å². The van der Waals surface area contributed by atoms with Gasteiger partial charge in [-0.05, 0) is 35.6 Å². The molecule has 0 fully saturated rings. The lowest BCUT2D eigenvalue weighted by Crippen LogP contribution is -2.02. The molecule has 0 aliphatic carbocycles. The fourth-order valence-corrected chi connectivity index (χ4v) is 1.90. The summed E-state index contributed by atoms with van der Waals surface area (Å²) in [5, 5.41) is 10.9.